The van der Waals surface area contributed by atoms with E-state index >= 15 is 0 Å². The van der Waals surface area contributed by atoms with Gasteiger partial charge in [-0.1, -0.05) is 0 Å². The van der Waals surface area contributed by atoms with Crippen molar-refractivity contribution in [3.05, 3.63) is 0 Å². The molecule has 0 aromatic rings. The van der Waals surface area contributed by atoms with Gasteiger partial charge in [-0.05, 0) is 0 Å². The summed E-state index contributed by atoms with van der Waals surface area (Å²) in [6.45, 7) is 0.670. The summed E-state index contributed by atoms with van der Waals surface area (Å²) in [5.74, 6) is -2.83. The van der Waals surface area contributed by atoms with Crippen LogP contribution in [0.15, 0.2) is 0 Å². The second kappa shape index (κ2) is 9.60. The maximum atomic E-state index is 8.87. The number of halogens is 1. The Hall–Kier alpha value is 1.05. The van der Waals surface area contributed by atoms with E-state index in [-0.39, 0.29) is 42.0 Å². The van der Waals surface area contributed by atoms with Crippen LogP contribution in [-0.4, -0.2) is 45.7 Å². The summed E-state index contributed by atoms with van der Waals surface area (Å²) in [5.41, 5.74) is 5.08. The molecule has 0 aromatic heterocycles. The first kappa shape index (κ1) is 19.6. The fraction of sp³-hybridized carbons (Fsp3) is 1.00. The molecule has 6 nitrogen and oxygen atoms in total. The summed E-state index contributed by atoms with van der Waals surface area (Å²) in [4.78, 5) is 0. The first-order valence-electron chi connectivity index (χ1n) is 3.24. The number of hydrogen-bond acceptors (Lipinski definition) is 6. The minimum Gasteiger partial charge on any atom is -1.00 e. The van der Waals surface area contributed by atoms with Crippen molar-refractivity contribution in [2.24, 2.45) is 5.73 Å². The normalized spacial score (nSPS) is 12.7. The Morgan fingerprint density at radius 3 is 2.08 bits per heavy atom. The second-order valence-corrected chi connectivity index (χ2v) is 2.24. The van der Waals surface area contributed by atoms with Gasteiger partial charge < -0.3 is 38.6 Å². The molecule has 0 saturated carbocycles. The summed E-state index contributed by atoms with van der Waals surface area (Å²) in [6.07, 6.45) is -1.74. The zero-order chi connectivity index (χ0) is 8.91. The SMILES string of the molecule is NCCNC(O)CC(O)(O)O.[Cl-].[Na+]. The predicted octanol–water partition coefficient (Wildman–Crippen LogP) is -9.12. The number of nitrogens with one attached hydrogen (secondary N) is 1. The van der Waals surface area contributed by atoms with Gasteiger partial charge >= 0.3 is 29.6 Å². The third kappa shape index (κ3) is 15.8. The zero-order valence-electron chi connectivity index (χ0n) is 7.44. The summed E-state index contributed by atoms with van der Waals surface area (Å²) >= 11 is 0. The Morgan fingerprint density at radius 1 is 1.31 bits per heavy atom. The molecule has 0 aromatic carbocycles. The Balaban J connectivity index is -0.000000500. The average molecular weight is 225 g/mol. The van der Waals surface area contributed by atoms with Gasteiger partial charge in [0.05, 0.1) is 6.42 Å². The molecular weight excluding hydrogens is 211 g/mol. The largest absolute Gasteiger partial charge is 1.00 e. The van der Waals surface area contributed by atoms with E-state index in [9.17, 15) is 0 Å². The number of hydrogen-bond donors (Lipinski definition) is 6. The van der Waals surface area contributed by atoms with Crippen LogP contribution >= 0.6 is 0 Å². The average Bonchev–Trinajstić information content (AvgIpc) is 1.79. The van der Waals surface area contributed by atoms with E-state index in [1.165, 1.54) is 0 Å². The van der Waals surface area contributed by atoms with Crippen molar-refractivity contribution >= 4 is 0 Å². The van der Waals surface area contributed by atoms with E-state index in [0.717, 1.165) is 0 Å². The van der Waals surface area contributed by atoms with Crippen LogP contribution in [0.25, 0.3) is 0 Å². The Labute approximate surface area is 105 Å². The van der Waals surface area contributed by atoms with Crippen molar-refractivity contribution in [3.63, 3.8) is 0 Å². The Kier molecular flexibility index (Phi) is 14.5. The standard InChI is InChI=1S/C5H14N2O4.ClH.Na/c6-1-2-7-4(8)3-5(9,10)11;;/h4,7-11H,1-3,6H2;1H;/q;;+1/p-1. The molecule has 76 valence electrons. The second-order valence-electron chi connectivity index (χ2n) is 2.24. The van der Waals surface area contributed by atoms with Crippen molar-refractivity contribution in [3.8, 4) is 0 Å². The smallest absolute Gasteiger partial charge is 1.00 e. The molecule has 0 fully saturated rings. The number of rotatable bonds is 5. The van der Waals surface area contributed by atoms with E-state index in [4.69, 9.17) is 26.2 Å². The van der Waals surface area contributed by atoms with E-state index in [0.29, 0.717) is 13.1 Å². The van der Waals surface area contributed by atoms with Gasteiger partial charge in [0.15, 0.2) is 0 Å². The van der Waals surface area contributed by atoms with Gasteiger partial charge in [0, 0.05) is 13.1 Å². The molecule has 0 aliphatic heterocycles. The van der Waals surface area contributed by atoms with Crippen molar-refractivity contribution in [2.75, 3.05) is 13.1 Å². The van der Waals surface area contributed by atoms with Crippen LogP contribution in [0, 0.1) is 0 Å². The van der Waals surface area contributed by atoms with Crippen molar-refractivity contribution < 1.29 is 62.4 Å². The Bertz CT molecular complexity index is 113. The molecule has 0 amide bonds. The predicted molar refractivity (Wildman–Crippen MR) is 37.1 cm³/mol. The molecule has 1 atom stereocenters. The minimum absolute atomic E-state index is 0. The minimum atomic E-state index is -2.83. The van der Waals surface area contributed by atoms with Crippen LogP contribution in [0.1, 0.15) is 6.42 Å². The number of aliphatic hydroxyl groups excluding tert-OH is 1. The van der Waals surface area contributed by atoms with Gasteiger partial charge in [0.1, 0.15) is 6.23 Å². The van der Waals surface area contributed by atoms with Gasteiger partial charge in [-0.25, -0.2) is 0 Å². The number of nitrogens with two attached hydrogens (primary N) is 1. The number of aliphatic hydroxyl groups is 4. The summed E-state index contributed by atoms with van der Waals surface area (Å²) < 4.78 is 0. The molecule has 0 heterocycles. The summed E-state index contributed by atoms with van der Waals surface area (Å²) in [5, 5.41) is 36.4. The fourth-order valence-electron chi connectivity index (χ4n) is 0.582. The van der Waals surface area contributed by atoms with Crippen molar-refractivity contribution in [2.45, 2.75) is 18.6 Å². The molecule has 1 unspecified atom stereocenters. The van der Waals surface area contributed by atoms with Crippen molar-refractivity contribution in [1.82, 2.24) is 5.32 Å². The molecule has 0 rings (SSSR count). The first-order chi connectivity index (χ1) is 4.95. The van der Waals surface area contributed by atoms with E-state index in [2.05, 4.69) is 5.32 Å². The zero-order valence-corrected chi connectivity index (χ0v) is 10.2. The fourth-order valence-corrected chi connectivity index (χ4v) is 0.582. The van der Waals surface area contributed by atoms with E-state index in [1.54, 1.807) is 0 Å². The molecule has 0 bridgehead atoms. The summed E-state index contributed by atoms with van der Waals surface area (Å²) in [6, 6.07) is 0. The van der Waals surface area contributed by atoms with Gasteiger partial charge in [0.25, 0.3) is 5.97 Å². The summed E-state index contributed by atoms with van der Waals surface area (Å²) in [7, 11) is 0. The van der Waals surface area contributed by atoms with Gasteiger partial charge in [0.2, 0.25) is 0 Å². The third-order valence-corrected chi connectivity index (χ3v) is 0.992. The van der Waals surface area contributed by atoms with Crippen LogP contribution in [0.4, 0.5) is 0 Å². The molecule has 0 aliphatic carbocycles. The van der Waals surface area contributed by atoms with Crippen LogP contribution in [0.2, 0.25) is 0 Å². The maximum Gasteiger partial charge on any atom is 1.00 e. The molecule has 13 heavy (non-hydrogen) atoms. The maximum absolute atomic E-state index is 8.87. The van der Waals surface area contributed by atoms with Gasteiger partial charge in [-0.3, -0.25) is 5.32 Å². The molecule has 0 aliphatic rings. The van der Waals surface area contributed by atoms with Crippen LogP contribution in [0.3, 0.4) is 0 Å². The van der Waals surface area contributed by atoms with Crippen LogP contribution in [0.5, 0.6) is 0 Å². The molecule has 0 spiro atoms. The molecule has 0 radical (unpaired) electrons. The van der Waals surface area contributed by atoms with Crippen LogP contribution < -0.4 is 53.0 Å². The topological polar surface area (TPSA) is 119 Å². The molecule has 0 saturated heterocycles. The van der Waals surface area contributed by atoms with Gasteiger partial charge in [-0.15, -0.1) is 0 Å². The molecular formula is C5H14ClN2NaO4. The monoisotopic (exact) mass is 224 g/mol. The quantitative estimate of drug-likeness (QED) is 0.204. The third-order valence-electron chi connectivity index (χ3n) is 0.992. The van der Waals surface area contributed by atoms with E-state index < -0.39 is 18.6 Å². The molecule has 7 N–H and O–H groups in total. The van der Waals surface area contributed by atoms with Crippen LogP contribution in [-0.2, 0) is 0 Å². The van der Waals surface area contributed by atoms with E-state index in [1.807, 2.05) is 0 Å². The first-order valence-corrected chi connectivity index (χ1v) is 3.24. The molecule has 8 heteroatoms. The Morgan fingerprint density at radius 2 is 1.77 bits per heavy atom. The van der Waals surface area contributed by atoms with Gasteiger partial charge in [-0.2, -0.15) is 0 Å². The van der Waals surface area contributed by atoms with Crippen molar-refractivity contribution in [1.29, 1.82) is 0 Å².